The van der Waals surface area contributed by atoms with Crippen LogP contribution in [0.2, 0.25) is 0 Å². The summed E-state index contributed by atoms with van der Waals surface area (Å²) < 4.78 is 5.67. The van der Waals surface area contributed by atoms with E-state index in [1.807, 2.05) is 25.1 Å². The first-order valence-electron chi connectivity index (χ1n) is 9.53. The van der Waals surface area contributed by atoms with Crippen molar-refractivity contribution in [1.29, 1.82) is 0 Å². The number of hydrogen-bond acceptors (Lipinski definition) is 6. The molecule has 0 spiro atoms. The van der Waals surface area contributed by atoms with Gasteiger partial charge in [0.05, 0.1) is 12.5 Å². The number of para-hydroxylation sites is 1. The molecule has 2 aromatic rings. The number of aromatic nitrogens is 3. The Labute approximate surface area is 159 Å². The van der Waals surface area contributed by atoms with E-state index < -0.39 is 5.97 Å². The molecule has 0 aliphatic carbocycles. The molecule has 27 heavy (non-hydrogen) atoms. The minimum Gasteiger partial charge on any atom is -0.494 e. The molecule has 1 N–H and O–H groups in total. The van der Waals surface area contributed by atoms with Crippen LogP contribution >= 0.6 is 0 Å². The fraction of sp³-hybridized carbons (Fsp3) is 0.500. The monoisotopic (exact) mass is 370 g/mol. The normalized spacial score (nSPS) is 14.9. The number of anilines is 1. The van der Waals surface area contributed by atoms with Gasteiger partial charge in [0.25, 0.3) is 0 Å². The summed E-state index contributed by atoms with van der Waals surface area (Å²) in [5.41, 5.74) is 1.20. The second-order valence-electron chi connectivity index (χ2n) is 6.70. The second kappa shape index (κ2) is 9.30. The summed E-state index contributed by atoms with van der Waals surface area (Å²) in [7, 11) is 0. The van der Waals surface area contributed by atoms with Crippen molar-refractivity contribution in [3.8, 4) is 5.75 Å². The van der Waals surface area contributed by atoms with Crippen molar-refractivity contribution in [2.75, 3.05) is 24.6 Å². The molecule has 0 saturated carbocycles. The third-order valence-electron chi connectivity index (χ3n) is 4.86. The molecule has 1 aliphatic heterocycles. The van der Waals surface area contributed by atoms with Crippen LogP contribution in [0.3, 0.4) is 0 Å². The van der Waals surface area contributed by atoms with Gasteiger partial charge in [-0.05, 0) is 44.2 Å². The lowest BCUT2D eigenvalue weighted by molar-refractivity contribution is -0.142. The van der Waals surface area contributed by atoms with Gasteiger partial charge in [0.15, 0.2) is 0 Å². The maximum Gasteiger partial charge on any atom is 0.306 e. The van der Waals surface area contributed by atoms with Gasteiger partial charge in [-0.2, -0.15) is 4.98 Å². The molecule has 1 fully saturated rings. The van der Waals surface area contributed by atoms with Crippen molar-refractivity contribution in [3.05, 3.63) is 42.0 Å². The lowest BCUT2D eigenvalue weighted by atomic mass is 9.97. The summed E-state index contributed by atoms with van der Waals surface area (Å²) in [6.07, 6.45) is 5.40. The third-order valence-corrected chi connectivity index (χ3v) is 4.86. The van der Waals surface area contributed by atoms with Crippen molar-refractivity contribution < 1.29 is 14.6 Å². The minimum atomic E-state index is -0.710. The summed E-state index contributed by atoms with van der Waals surface area (Å²) in [6.45, 7) is 3.99. The summed E-state index contributed by atoms with van der Waals surface area (Å²) in [6, 6.07) is 8.11. The molecule has 7 nitrogen and oxygen atoms in total. The minimum absolute atomic E-state index is 0.257. The number of nitrogens with zero attached hydrogens (tertiary/aromatic N) is 4. The van der Waals surface area contributed by atoms with Gasteiger partial charge in [0.2, 0.25) is 5.95 Å². The van der Waals surface area contributed by atoms with Crippen molar-refractivity contribution >= 4 is 11.9 Å². The van der Waals surface area contributed by atoms with Gasteiger partial charge in [-0.1, -0.05) is 18.2 Å². The standard InChI is InChI=1S/C20H26N4O3/c1-2-27-17-8-4-3-6-15(17)7-5-9-18-21-14-22-20(23-18)24-12-10-16(11-13-24)19(25)26/h3-4,6,8,14,16H,2,5,7,9-13H2,1H3,(H,25,26). The van der Waals surface area contributed by atoms with Gasteiger partial charge in [-0.15, -0.1) is 0 Å². The van der Waals surface area contributed by atoms with E-state index in [1.165, 1.54) is 5.56 Å². The summed E-state index contributed by atoms with van der Waals surface area (Å²) >= 11 is 0. The van der Waals surface area contributed by atoms with Crippen LogP contribution < -0.4 is 9.64 Å². The predicted molar refractivity (Wildman–Crippen MR) is 102 cm³/mol. The van der Waals surface area contributed by atoms with E-state index >= 15 is 0 Å². The predicted octanol–water partition coefficient (Wildman–Crippen LogP) is 2.75. The van der Waals surface area contributed by atoms with Crippen LogP contribution in [0.1, 0.15) is 37.6 Å². The van der Waals surface area contributed by atoms with Crippen LogP contribution in [-0.4, -0.2) is 45.7 Å². The highest BCUT2D eigenvalue weighted by Gasteiger charge is 2.25. The highest BCUT2D eigenvalue weighted by Crippen LogP contribution is 2.22. The number of piperidine rings is 1. The Hall–Kier alpha value is -2.70. The molecule has 0 unspecified atom stereocenters. The first-order chi connectivity index (χ1) is 13.2. The quantitative estimate of drug-likeness (QED) is 0.764. The number of carbonyl (C=O) groups is 1. The van der Waals surface area contributed by atoms with Gasteiger partial charge < -0.3 is 14.7 Å². The van der Waals surface area contributed by atoms with Crippen molar-refractivity contribution in [2.24, 2.45) is 5.92 Å². The van der Waals surface area contributed by atoms with Crippen LogP contribution in [0.5, 0.6) is 5.75 Å². The zero-order chi connectivity index (χ0) is 19.1. The molecule has 144 valence electrons. The van der Waals surface area contributed by atoms with Crippen LogP contribution in [0.15, 0.2) is 30.6 Å². The molecule has 2 heterocycles. The van der Waals surface area contributed by atoms with Crippen LogP contribution in [0, 0.1) is 5.92 Å². The molecule has 1 saturated heterocycles. The highest BCUT2D eigenvalue weighted by atomic mass is 16.5. The molecule has 0 radical (unpaired) electrons. The number of rotatable bonds is 8. The van der Waals surface area contributed by atoms with Crippen LogP contribution in [0.4, 0.5) is 5.95 Å². The van der Waals surface area contributed by atoms with Gasteiger partial charge >= 0.3 is 5.97 Å². The number of hydrogen-bond donors (Lipinski definition) is 1. The lowest BCUT2D eigenvalue weighted by Gasteiger charge is -2.30. The Bertz CT molecular complexity index is 760. The van der Waals surface area contributed by atoms with E-state index in [0.29, 0.717) is 38.5 Å². The first kappa shape index (κ1) is 19.1. The van der Waals surface area contributed by atoms with Crippen LogP contribution in [-0.2, 0) is 17.6 Å². The van der Waals surface area contributed by atoms with Gasteiger partial charge in [0, 0.05) is 19.5 Å². The van der Waals surface area contributed by atoms with Crippen LogP contribution in [0.25, 0.3) is 0 Å². The molecular weight excluding hydrogens is 344 g/mol. The maximum absolute atomic E-state index is 11.1. The molecule has 0 atom stereocenters. The van der Waals surface area contributed by atoms with Gasteiger partial charge in [-0.25, -0.2) is 9.97 Å². The SMILES string of the molecule is CCOc1ccccc1CCCc1ncnc(N2CCC(C(=O)O)CC2)n1. The smallest absolute Gasteiger partial charge is 0.306 e. The summed E-state index contributed by atoms with van der Waals surface area (Å²) in [5, 5.41) is 9.11. The van der Waals surface area contributed by atoms with E-state index in [9.17, 15) is 4.79 Å². The van der Waals surface area contributed by atoms with E-state index in [1.54, 1.807) is 6.33 Å². The zero-order valence-electron chi connectivity index (χ0n) is 15.7. The fourth-order valence-corrected chi connectivity index (χ4v) is 3.36. The number of ether oxygens (including phenoxy) is 1. The number of carboxylic acids is 1. The van der Waals surface area contributed by atoms with Crippen molar-refractivity contribution in [2.45, 2.75) is 39.0 Å². The topological polar surface area (TPSA) is 88.4 Å². The molecule has 1 aliphatic rings. The van der Waals surface area contributed by atoms with Gasteiger partial charge in [0.1, 0.15) is 17.9 Å². The molecule has 1 aromatic heterocycles. The Balaban J connectivity index is 1.55. The third kappa shape index (κ3) is 5.15. The molecule has 0 amide bonds. The maximum atomic E-state index is 11.1. The van der Waals surface area contributed by atoms with E-state index in [4.69, 9.17) is 9.84 Å². The summed E-state index contributed by atoms with van der Waals surface area (Å²) in [4.78, 5) is 26.3. The average molecular weight is 370 g/mol. The number of carboxylic acid groups (broad SMARTS) is 1. The van der Waals surface area contributed by atoms with E-state index in [-0.39, 0.29) is 5.92 Å². The van der Waals surface area contributed by atoms with Crippen molar-refractivity contribution in [3.63, 3.8) is 0 Å². The number of benzene rings is 1. The van der Waals surface area contributed by atoms with E-state index in [0.717, 1.165) is 30.8 Å². The Morgan fingerprint density at radius 1 is 1.22 bits per heavy atom. The Morgan fingerprint density at radius 2 is 2.00 bits per heavy atom. The lowest BCUT2D eigenvalue weighted by Crippen LogP contribution is -2.37. The summed E-state index contributed by atoms with van der Waals surface area (Å²) in [5.74, 6) is 1.40. The van der Waals surface area contributed by atoms with Gasteiger partial charge in [-0.3, -0.25) is 4.79 Å². The highest BCUT2D eigenvalue weighted by molar-refractivity contribution is 5.70. The molecule has 7 heteroatoms. The first-order valence-corrected chi connectivity index (χ1v) is 9.53. The zero-order valence-corrected chi connectivity index (χ0v) is 15.7. The average Bonchev–Trinajstić information content (AvgIpc) is 2.70. The Kier molecular flexibility index (Phi) is 6.57. The molecule has 3 rings (SSSR count). The molecule has 1 aromatic carbocycles. The number of aliphatic carboxylic acids is 1. The molecular formula is C20H26N4O3. The fourth-order valence-electron chi connectivity index (χ4n) is 3.36. The number of aryl methyl sites for hydroxylation is 2. The largest absolute Gasteiger partial charge is 0.494 e. The van der Waals surface area contributed by atoms with Crippen molar-refractivity contribution in [1.82, 2.24) is 15.0 Å². The Morgan fingerprint density at radius 3 is 2.74 bits per heavy atom. The molecule has 0 bridgehead atoms. The second-order valence-corrected chi connectivity index (χ2v) is 6.70. The van der Waals surface area contributed by atoms with E-state index in [2.05, 4.69) is 25.9 Å².